The molecule has 1 aromatic heterocycles. The van der Waals surface area contributed by atoms with Crippen molar-refractivity contribution in [2.24, 2.45) is 18.2 Å². The fourth-order valence-electron chi connectivity index (χ4n) is 2.37. The van der Waals surface area contributed by atoms with Crippen LogP contribution in [0.2, 0.25) is 0 Å². The van der Waals surface area contributed by atoms with E-state index in [2.05, 4.69) is 11.3 Å². The molecule has 0 radical (unpaired) electrons. The molecule has 1 saturated heterocycles. The van der Waals surface area contributed by atoms with Gasteiger partial charge in [-0.1, -0.05) is 0 Å². The van der Waals surface area contributed by atoms with Crippen LogP contribution in [0, 0.1) is 5.41 Å². The van der Waals surface area contributed by atoms with Gasteiger partial charge in [-0.05, 0) is 43.2 Å². The molecule has 0 amide bonds. The number of rotatable bonds is 4. The number of aromatic nitrogens is 2. The fourth-order valence-corrected chi connectivity index (χ4v) is 2.37. The zero-order chi connectivity index (χ0) is 11.4. The summed E-state index contributed by atoms with van der Waals surface area (Å²) in [5.74, 6) is 0. The molecule has 1 aliphatic rings. The van der Waals surface area contributed by atoms with Crippen LogP contribution in [0.4, 0.5) is 0 Å². The van der Waals surface area contributed by atoms with Crippen LogP contribution in [0.15, 0.2) is 12.4 Å². The van der Waals surface area contributed by atoms with E-state index >= 15 is 0 Å². The van der Waals surface area contributed by atoms with Gasteiger partial charge < -0.3 is 10.5 Å². The summed E-state index contributed by atoms with van der Waals surface area (Å²) in [5, 5.41) is 4.19. The Morgan fingerprint density at radius 1 is 1.50 bits per heavy atom. The minimum atomic E-state index is 0.300. The molecule has 4 heteroatoms. The number of nitrogens with two attached hydrogens (primary N) is 1. The highest BCUT2D eigenvalue weighted by molar-refractivity contribution is 5.04. The molecule has 0 bridgehead atoms. The molecule has 1 aliphatic heterocycles. The predicted molar refractivity (Wildman–Crippen MR) is 63.1 cm³/mol. The second kappa shape index (κ2) is 4.97. The SMILES string of the molecule is Cn1cc(CCC2(CN)CCOCC2)cn1. The van der Waals surface area contributed by atoms with Gasteiger partial charge in [0.15, 0.2) is 0 Å². The third-order valence-electron chi connectivity index (χ3n) is 3.69. The third kappa shape index (κ3) is 2.62. The first-order chi connectivity index (χ1) is 7.74. The van der Waals surface area contributed by atoms with Crippen LogP contribution in [0.1, 0.15) is 24.8 Å². The van der Waals surface area contributed by atoms with Gasteiger partial charge in [0, 0.05) is 26.5 Å². The van der Waals surface area contributed by atoms with E-state index in [1.54, 1.807) is 0 Å². The zero-order valence-electron chi connectivity index (χ0n) is 9.98. The van der Waals surface area contributed by atoms with Gasteiger partial charge in [0.25, 0.3) is 0 Å². The predicted octanol–water partition coefficient (Wildman–Crippen LogP) is 1.11. The first-order valence-corrected chi connectivity index (χ1v) is 5.99. The molecule has 1 fully saturated rings. The Kier molecular flexibility index (Phi) is 3.61. The van der Waals surface area contributed by atoms with Crippen LogP contribution < -0.4 is 5.73 Å². The van der Waals surface area contributed by atoms with Gasteiger partial charge in [0.2, 0.25) is 0 Å². The number of hydrogen-bond acceptors (Lipinski definition) is 3. The summed E-state index contributed by atoms with van der Waals surface area (Å²) in [7, 11) is 1.96. The van der Waals surface area contributed by atoms with Crippen LogP contribution in [0.5, 0.6) is 0 Å². The smallest absolute Gasteiger partial charge is 0.0521 e. The van der Waals surface area contributed by atoms with Crippen molar-refractivity contribution >= 4 is 0 Å². The molecule has 0 saturated carbocycles. The molecule has 16 heavy (non-hydrogen) atoms. The molecular weight excluding hydrogens is 202 g/mol. The van der Waals surface area contributed by atoms with Crippen LogP contribution >= 0.6 is 0 Å². The molecule has 0 spiro atoms. The van der Waals surface area contributed by atoms with E-state index in [1.165, 1.54) is 5.56 Å². The number of nitrogens with zero attached hydrogens (tertiary/aromatic N) is 2. The topological polar surface area (TPSA) is 53.1 Å². The van der Waals surface area contributed by atoms with Crippen molar-refractivity contribution in [2.75, 3.05) is 19.8 Å². The van der Waals surface area contributed by atoms with Gasteiger partial charge in [-0.2, -0.15) is 5.10 Å². The lowest BCUT2D eigenvalue weighted by atomic mass is 9.76. The first kappa shape index (κ1) is 11.6. The molecule has 2 heterocycles. The summed E-state index contributed by atoms with van der Waals surface area (Å²) in [6.45, 7) is 2.51. The summed E-state index contributed by atoms with van der Waals surface area (Å²) in [4.78, 5) is 0. The maximum atomic E-state index is 5.93. The second-order valence-electron chi connectivity index (χ2n) is 4.84. The summed E-state index contributed by atoms with van der Waals surface area (Å²) in [6.07, 6.45) is 8.46. The van der Waals surface area contributed by atoms with Crippen LogP contribution in [-0.2, 0) is 18.2 Å². The highest BCUT2D eigenvalue weighted by Crippen LogP contribution is 2.34. The van der Waals surface area contributed by atoms with E-state index in [1.807, 2.05) is 17.9 Å². The van der Waals surface area contributed by atoms with Crippen molar-refractivity contribution in [3.8, 4) is 0 Å². The van der Waals surface area contributed by atoms with Crippen molar-refractivity contribution < 1.29 is 4.74 Å². The minimum absolute atomic E-state index is 0.300. The third-order valence-corrected chi connectivity index (χ3v) is 3.69. The van der Waals surface area contributed by atoms with Gasteiger partial charge in [-0.3, -0.25) is 4.68 Å². The summed E-state index contributed by atoms with van der Waals surface area (Å²) >= 11 is 0. The monoisotopic (exact) mass is 223 g/mol. The molecule has 0 atom stereocenters. The summed E-state index contributed by atoms with van der Waals surface area (Å²) in [5.41, 5.74) is 7.54. The van der Waals surface area contributed by atoms with Gasteiger partial charge in [0.05, 0.1) is 6.20 Å². The Balaban J connectivity index is 1.91. The van der Waals surface area contributed by atoms with Gasteiger partial charge in [-0.25, -0.2) is 0 Å². The molecule has 4 nitrogen and oxygen atoms in total. The molecule has 2 rings (SSSR count). The van der Waals surface area contributed by atoms with Gasteiger partial charge in [0.1, 0.15) is 0 Å². The van der Waals surface area contributed by atoms with E-state index < -0.39 is 0 Å². The first-order valence-electron chi connectivity index (χ1n) is 5.99. The van der Waals surface area contributed by atoms with Crippen molar-refractivity contribution in [3.63, 3.8) is 0 Å². The molecule has 2 N–H and O–H groups in total. The van der Waals surface area contributed by atoms with E-state index in [9.17, 15) is 0 Å². The van der Waals surface area contributed by atoms with E-state index in [0.29, 0.717) is 5.41 Å². The average Bonchev–Trinajstić information content (AvgIpc) is 2.74. The Morgan fingerprint density at radius 3 is 2.81 bits per heavy atom. The number of hydrogen-bond donors (Lipinski definition) is 1. The Hall–Kier alpha value is -0.870. The van der Waals surface area contributed by atoms with Crippen molar-refractivity contribution in [2.45, 2.75) is 25.7 Å². The lowest BCUT2D eigenvalue weighted by molar-refractivity contribution is 0.0149. The quantitative estimate of drug-likeness (QED) is 0.832. The maximum Gasteiger partial charge on any atom is 0.0521 e. The second-order valence-corrected chi connectivity index (χ2v) is 4.84. The molecule has 0 unspecified atom stereocenters. The van der Waals surface area contributed by atoms with E-state index in [-0.39, 0.29) is 0 Å². The maximum absolute atomic E-state index is 5.93. The van der Waals surface area contributed by atoms with E-state index in [0.717, 1.165) is 45.4 Å². The molecule has 90 valence electrons. The van der Waals surface area contributed by atoms with Crippen molar-refractivity contribution in [1.82, 2.24) is 9.78 Å². The normalized spacial score (nSPS) is 19.9. The van der Waals surface area contributed by atoms with Crippen LogP contribution in [0.3, 0.4) is 0 Å². The number of aryl methyl sites for hydroxylation is 2. The Morgan fingerprint density at radius 2 is 2.25 bits per heavy atom. The lowest BCUT2D eigenvalue weighted by Gasteiger charge is -2.36. The fraction of sp³-hybridized carbons (Fsp3) is 0.750. The van der Waals surface area contributed by atoms with Crippen molar-refractivity contribution in [1.29, 1.82) is 0 Å². The summed E-state index contributed by atoms with van der Waals surface area (Å²) < 4.78 is 7.27. The van der Waals surface area contributed by atoms with Crippen LogP contribution in [-0.4, -0.2) is 29.5 Å². The average molecular weight is 223 g/mol. The van der Waals surface area contributed by atoms with Gasteiger partial charge >= 0.3 is 0 Å². The Labute approximate surface area is 96.8 Å². The molecule has 0 aromatic carbocycles. The largest absolute Gasteiger partial charge is 0.381 e. The lowest BCUT2D eigenvalue weighted by Crippen LogP contribution is -2.37. The minimum Gasteiger partial charge on any atom is -0.381 e. The zero-order valence-corrected chi connectivity index (χ0v) is 9.98. The highest BCUT2D eigenvalue weighted by Gasteiger charge is 2.30. The van der Waals surface area contributed by atoms with Crippen LogP contribution in [0.25, 0.3) is 0 Å². The van der Waals surface area contributed by atoms with E-state index in [4.69, 9.17) is 10.5 Å². The van der Waals surface area contributed by atoms with Crippen molar-refractivity contribution in [3.05, 3.63) is 18.0 Å². The standard InChI is InChI=1S/C12H21N3O/c1-15-9-11(8-14-15)2-3-12(10-13)4-6-16-7-5-12/h8-9H,2-7,10,13H2,1H3. The number of ether oxygens (including phenoxy) is 1. The van der Waals surface area contributed by atoms with Gasteiger partial charge in [-0.15, -0.1) is 0 Å². The Bertz CT molecular complexity index is 329. The summed E-state index contributed by atoms with van der Waals surface area (Å²) in [6, 6.07) is 0. The molecule has 0 aliphatic carbocycles. The molecule has 1 aromatic rings. The molecular formula is C12H21N3O. The highest BCUT2D eigenvalue weighted by atomic mass is 16.5.